The van der Waals surface area contributed by atoms with Crippen molar-refractivity contribution < 1.29 is 14.3 Å². The Bertz CT molecular complexity index is 707. The molecule has 1 amide bonds. The molecule has 0 aromatic heterocycles. The maximum atomic E-state index is 11.7. The van der Waals surface area contributed by atoms with Crippen LogP contribution >= 0.6 is 12.2 Å². The van der Waals surface area contributed by atoms with Crippen LogP contribution < -0.4 is 20.1 Å². The summed E-state index contributed by atoms with van der Waals surface area (Å²) in [7, 11) is 0. The van der Waals surface area contributed by atoms with Crippen molar-refractivity contribution in [3.05, 3.63) is 54.6 Å². The summed E-state index contributed by atoms with van der Waals surface area (Å²) in [6.45, 7) is 2.86. The molecule has 0 radical (unpaired) electrons. The van der Waals surface area contributed by atoms with Gasteiger partial charge in [-0.1, -0.05) is 43.7 Å². The van der Waals surface area contributed by atoms with Gasteiger partial charge in [0.2, 0.25) is 5.91 Å². The Hall–Kier alpha value is -2.60. The van der Waals surface area contributed by atoms with Gasteiger partial charge in [-0.25, -0.2) is 0 Å². The van der Waals surface area contributed by atoms with E-state index in [0.29, 0.717) is 31.1 Å². The Labute approximate surface area is 159 Å². The van der Waals surface area contributed by atoms with Gasteiger partial charge in [0, 0.05) is 6.42 Å². The highest BCUT2D eigenvalue weighted by Crippen LogP contribution is 2.23. The van der Waals surface area contributed by atoms with Gasteiger partial charge in [0.05, 0.1) is 5.69 Å². The SMILES string of the molecule is CCCCC(=O)NC(=S)Nc1ccccc1OCCOc1ccccc1. The Morgan fingerprint density at radius 2 is 1.69 bits per heavy atom. The third-order valence-corrected chi connectivity index (χ3v) is 3.70. The second-order valence-electron chi connectivity index (χ2n) is 5.61. The number of carbonyl (C=O) groups is 1. The minimum Gasteiger partial charge on any atom is -0.490 e. The lowest BCUT2D eigenvalue weighted by Crippen LogP contribution is -2.34. The number of nitrogens with one attached hydrogen (secondary N) is 2. The summed E-state index contributed by atoms with van der Waals surface area (Å²) in [4.78, 5) is 11.7. The quantitative estimate of drug-likeness (QED) is 0.512. The van der Waals surface area contributed by atoms with E-state index in [0.717, 1.165) is 18.6 Å². The largest absolute Gasteiger partial charge is 0.490 e. The molecule has 0 aliphatic heterocycles. The number of hydrogen-bond acceptors (Lipinski definition) is 4. The average molecular weight is 372 g/mol. The van der Waals surface area contributed by atoms with Crippen LogP contribution in [-0.2, 0) is 4.79 Å². The van der Waals surface area contributed by atoms with Gasteiger partial charge in [0.1, 0.15) is 24.7 Å². The van der Waals surface area contributed by atoms with E-state index in [4.69, 9.17) is 21.7 Å². The summed E-state index contributed by atoms with van der Waals surface area (Å²) >= 11 is 5.20. The first-order chi connectivity index (χ1) is 12.7. The van der Waals surface area contributed by atoms with Gasteiger partial charge in [-0.2, -0.15) is 0 Å². The van der Waals surface area contributed by atoms with Crippen molar-refractivity contribution in [1.82, 2.24) is 5.32 Å². The zero-order chi connectivity index (χ0) is 18.6. The molecule has 5 nitrogen and oxygen atoms in total. The minimum atomic E-state index is -0.0842. The molecular weight excluding hydrogens is 348 g/mol. The predicted molar refractivity (Wildman–Crippen MR) is 108 cm³/mol. The number of thiocarbonyl (C=S) groups is 1. The van der Waals surface area contributed by atoms with Crippen LogP contribution in [0.3, 0.4) is 0 Å². The Kier molecular flexibility index (Phi) is 8.42. The van der Waals surface area contributed by atoms with Crippen molar-refractivity contribution in [3.8, 4) is 11.5 Å². The fraction of sp³-hybridized carbons (Fsp3) is 0.300. The third kappa shape index (κ3) is 7.11. The fourth-order valence-electron chi connectivity index (χ4n) is 2.20. The van der Waals surface area contributed by atoms with Crippen LogP contribution in [0.4, 0.5) is 5.69 Å². The van der Waals surface area contributed by atoms with Crippen molar-refractivity contribution >= 4 is 28.9 Å². The number of ether oxygens (including phenoxy) is 2. The molecule has 0 saturated carbocycles. The zero-order valence-electron chi connectivity index (χ0n) is 14.9. The fourth-order valence-corrected chi connectivity index (χ4v) is 2.43. The number of carbonyl (C=O) groups excluding carboxylic acids is 1. The highest BCUT2D eigenvalue weighted by atomic mass is 32.1. The van der Waals surface area contributed by atoms with Crippen molar-refractivity contribution in [2.45, 2.75) is 26.2 Å². The highest BCUT2D eigenvalue weighted by Gasteiger charge is 2.08. The molecule has 0 aliphatic carbocycles. The van der Waals surface area contributed by atoms with E-state index >= 15 is 0 Å². The molecule has 138 valence electrons. The monoisotopic (exact) mass is 372 g/mol. The molecule has 2 aromatic rings. The molecule has 0 heterocycles. The van der Waals surface area contributed by atoms with E-state index in [9.17, 15) is 4.79 Å². The van der Waals surface area contributed by atoms with E-state index in [-0.39, 0.29) is 11.0 Å². The lowest BCUT2D eigenvalue weighted by atomic mass is 10.2. The van der Waals surface area contributed by atoms with Gasteiger partial charge < -0.3 is 20.1 Å². The van der Waals surface area contributed by atoms with Crippen LogP contribution in [0.2, 0.25) is 0 Å². The number of benzene rings is 2. The van der Waals surface area contributed by atoms with Crippen LogP contribution in [0.5, 0.6) is 11.5 Å². The van der Waals surface area contributed by atoms with Crippen molar-refractivity contribution in [2.24, 2.45) is 0 Å². The summed E-state index contributed by atoms with van der Waals surface area (Å²) < 4.78 is 11.4. The lowest BCUT2D eigenvalue weighted by molar-refractivity contribution is -0.119. The molecule has 2 rings (SSSR count). The molecule has 0 atom stereocenters. The Morgan fingerprint density at radius 1 is 1.00 bits per heavy atom. The molecule has 0 unspecified atom stereocenters. The number of rotatable bonds is 9. The van der Waals surface area contributed by atoms with Gasteiger partial charge in [-0.3, -0.25) is 4.79 Å². The smallest absolute Gasteiger partial charge is 0.226 e. The van der Waals surface area contributed by atoms with E-state index in [1.54, 1.807) is 0 Å². The molecule has 26 heavy (non-hydrogen) atoms. The topological polar surface area (TPSA) is 59.6 Å². The van der Waals surface area contributed by atoms with Gasteiger partial charge in [-0.15, -0.1) is 0 Å². The molecule has 0 saturated heterocycles. The summed E-state index contributed by atoms with van der Waals surface area (Å²) in [6, 6.07) is 17.0. The molecule has 0 aliphatic rings. The summed E-state index contributed by atoms with van der Waals surface area (Å²) in [6.07, 6.45) is 2.28. The molecule has 0 bridgehead atoms. The standard InChI is InChI=1S/C20H24N2O3S/c1-2-3-13-19(23)22-20(26)21-17-11-7-8-12-18(17)25-15-14-24-16-9-5-4-6-10-16/h4-12H,2-3,13-15H2,1H3,(H2,21,22,23,26). The van der Waals surface area contributed by atoms with Gasteiger partial charge in [-0.05, 0) is 42.9 Å². The van der Waals surface area contributed by atoms with Crippen LogP contribution in [-0.4, -0.2) is 24.2 Å². The molecule has 2 N–H and O–H groups in total. The number of hydrogen-bond donors (Lipinski definition) is 2. The summed E-state index contributed by atoms with van der Waals surface area (Å²) in [5.41, 5.74) is 0.702. The van der Waals surface area contributed by atoms with Gasteiger partial charge in [0.25, 0.3) is 0 Å². The van der Waals surface area contributed by atoms with Crippen LogP contribution in [0.15, 0.2) is 54.6 Å². The lowest BCUT2D eigenvalue weighted by Gasteiger charge is -2.14. The summed E-state index contributed by atoms with van der Waals surface area (Å²) in [5.74, 6) is 1.37. The highest BCUT2D eigenvalue weighted by molar-refractivity contribution is 7.80. The second-order valence-corrected chi connectivity index (χ2v) is 6.02. The first-order valence-corrected chi connectivity index (χ1v) is 9.10. The first-order valence-electron chi connectivity index (χ1n) is 8.69. The Balaban J connectivity index is 1.81. The predicted octanol–water partition coefficient (Wildman–Crippen LogP) is 4.15. The zero-order valence-corrected chi connectivity index (χ0v) is 15.7. The van der Waals surface area contributed by atoms with Crippen molar-refractivity contribution in [3.63, 3.8) is 0 Å². The van der Waals surface area contributed by atoms with E-state index in [2.05, 4.69) is 10.6 Å². The number of anilines is 1. The van der Waals surface area contributed by atoms with Crippen LogP contribution in [0.25, 0.3) is 0 Å². The van der Waals surface area contributed by atoms with Gasteiger partial charge >= 0.3 is 0 Å². The molecule has 6 heteroatoms. The first kappa shape index (κ1) is 19.7. The van der Waals surface area contributed by atoms with Gasteiger partial charge in [0.15, 0.2) is 5.11 Å². The van der Waals surface area contributed by atoms with E-state index in [1.165, 1.54) is 0 Å². The number of unbranched alkanes of at least 4 members (excludes halogenated alkanes) is 1. The maximum Gasteiger partial charge on any atom is 0.226 e. The van der Waals surface area contributed by atoms with Crippen LogP contribution in [0, 0.1) is 0 Å². The second kappa shape index (κ2) is 11.1. The minimum absolute atomic E-state index is 0.0842. The van der Waals surface area contributed by atoms with Crippen molar-refractivity contribution in [2.75, 3.05) is 18.5 Å². The van der Waals surface area contributed by atoms with E-state index in [1.807, 2.05) is 61.5 Å². The molecule has 2 aromatic carbocycles. The number of para-hydroxylation sites is 3. The summed E-state index contributed by atoms with van der Waals surface area (Å²) in [5, 5.41) is 5.96. The third-order valence-electron chi connectivity index (χ3n) is 3.50. The molecule has 0 spiro atoms. The van der Waals surface area contributed by atoms with Crippen molar-refractivity contribution in [1.29, 1.82) is 0 Å². The maximum absolute atomic E-state index is 11.7. The normalized spacial score (nSPS) is 10.0. The van der Waals surface area contributed by atoms with Crippen LogP contribution in [0.1, 0.15) is 26.2 Å². The van der Waals surface area contributed by atoms with E-state index < -0.39 is 0 Å². The molecular formula is C20H24N2O3S. The average Bonchev–Trinajstić information content (AvgIpc) is 2.65. The number of amides is 1. The Morgan fingerprint density at radius 3 is 2.46 bits per heavy atom. The molecule has 0 fully saturated rings.